The largest absolute Gasteiger partial charge is 0.477 e. The molecule has 2 aromatic rings. The van der Waals surface area contributed by atoms with Crippen molar-refractivity contribution in [1.82, 2.24) is 15.0 Å². The van der Waals surface area contributed by atoms with Gasteiger partial charge in [0.15, 0.2) is 10.9 Å². The fraction of sp³-hybridized carbons (Fsp3) is 0.0833. The van der Waals surface area contributed by atoms with Crippen LogP contribution >= 0.6 is 23.4 Å². The van der Waals surface area contributed by atoms with Crippen molar-refractivity contribution in [2.75, 3.05) is 11.6 Å². The molecule has 0 aliphatic carbocycles. The van der Waals surface area contributed by atoms with Crippen LogP contribution in [0.1, 0.15) is 21.0 Å². The van der Waals surface area contributed by atoms with Gasteiger partial charge in [-0.05, 0) is 18.4 Å². The highest BCUT2D eigenvalue weighted by Crippen LogP contribution is 2.18. The van der Waals surface area contributed by atoms with Gasteiger partial charge in [0.1, 0.15) is 5.69 Å². The van der Waals surface area contributed by atoms with E-state index in [4.69, 9.17) is 16.7 Å². The van der Waals surface area contributed by atoms with Crippen molar-refractivity contribution in [3.05, 3.63) is 40.9 Å². The zero-order valence-electron chi connectivity index (χ0n) is 10.7. The van der Waals surface area contributed by atoms with Crippen molar-refractivity contribution in [3.63, 3.8) is 0 Å². The summed E-state index contributed by atoms with van der Waals surface area (Å²) in [6.07, 6.45) is 4.39. The minimum Gasteiger partial charge on any atom is -0.477 e. The number of hydrogen-bond acceptors (Lipinski definition) is 6. The molecule has 0 bridgehead atoms. The number of carboxylic acid groups (broad SMARTS) is 1. The second-order valence-electron chi connectivity index (χ2n) is 3.74. The van der Waals surface area contributed by atoms with Crippen LogP contribution in [0.15, 0.2) is 29.7 Å². The fourth-order valence-electron chi connectivity index (χ4n) is 1.42. The van der Waals surface area contributed by atoms with Crippen LogP contribution in [0.3, 0.4) is 0 Å². The van der Waals surface area contributed by atoms with Gasteiger partial charge < -0.3 is 10.4 Å². The molecule has 9 heteroatoms. The maximum atomic E-state index is 12.1. The van der Waals surface area contributed by atoms with Crippen LogP contribution in [-0.2, 0) is 0 Å². The number of pyridine rings is 1. The molecule has 2 heterocycles. The third kappa shape index (κ3) is 3.67. The zero-order chi connectivity index (χ0) is 15.4. The molecule has 1 amide bonds. The first-order chi connectivity index (χ1) is 10.0. The van der Waals surface area contributed by atoms with E-state index in [2.05, 4.69) is 20.3 Å². The maximum Gasteiger partial charge on any atom is 0.354 e. The second-order valence-corrected chi connectivity index (χ2v) is 4.92. The maximum absolute atomic E-state index is 12.1. The van der Waals surface area contributed by atoms with Crippen LogP contribution in [0.5, 0.6) is 0 Å². The molecule has 0 unspecified atom stereocenters. The number of anilines is 1. The standard InChI is InChI=1S/C12H9ClN4O3S/c1-21-12-15-5-7(13)9(17-12)10(18)16-6-2-3-14-8(4-6)11(19)20/h2-5H,1H3,(H,19,20)(H,14,16,18). The Morgan fingerprint density at radius 1 is 1.38 bits per heavy atom. The van der Waals surface area contributed by atoms with Gasteiger partial charge >= 0.3 is 5.97 Å². The smallest absolute Gasteiger partial charge is 0.354 e. The summed E-state index contributed by atoms with van der Waals surface area (Å²) in [5, 5.41) is 11.9. The molecule has 0 saturated carbocycles. The summed E-state index contributed by atoms with van der Waals surface area (Å²) < 4.78 is 0. The molecule has 2 N–H and O–H groups in total. The number of thioether (sulfide) groups is 1. The third-order valence-electron chi connectivity index (χ3n) is 2.36. The van der Waals surface area contributed by atoms with E-state index < -0.39 is 11.9 Å². The average molecular weight is 325 g/mol. The Bertz CT molecular complexity index is 711. The highest BCUT2D eigenvalue weighted by Gasteiger charge is 2.15. The lowest BCUT2D eigenvalue weighted by atomic mass is 10.3. The Labute approximate surface area is 128 Å². The molecule has 2 rings (SSSR count). The zero-order valence-corrected chi connectivity index (χ0v) is 12.3. The van der Waals surface area contributed by atoms with Crippen molar-refractivity contribution in [3.8, 4) is 0 Å². The number of hydrogen-bond donors (Lipinski definition) is 2. The molecule has 0 fully saturated rings. The minimum atomic E-state index is -1.18. The van der Waals surface area contributed by atoms with Gasteiger partial charge in [0.25, 0.3) is 5.91 Å². The summed E-state index contributed by atoms with van der Waals surface area (Å²) in [5.74, 6) is -1.74. The average Bonchev–Trinajstić information content (AvgIpc) is 2.48. The van der Waals surface area contributed by atoms with Crippen molar-refractivity contribution < 1.29 is 14.7 Å². The van der Waals surface area contributed by atoms with Crippen LogP contribution in [0.4, 0.5) is 5.69 Å². The van der Waals surface area contributed by atoms with E-state index in [-0.39, 0.29) is 22.1 Å². The van der Waals surface area contributed by atoms with E-state index in [0.717, 1.165) is 0 Å². The van der Waals surface area contributed by atoms with Gasteiger partial charge in [0.2, 0.25) is 0 Å². The lowest BCUT2D eigenvalue weighted by Gasteiger charge is -2.07. The minimum absolute atomic E-state index is 0.0182. The Morgan fingerprint density at radius 3 is 2.81 bits per heavy atom. The lowest BCUT2D eigenvalue weighted by molar-refractivity contribution is 0.0690. The molecular formula is C12H9ClN4O3S. The van der Waals surface area contributed by atoms with Gasteiger partial charge in [0, 0.05) is 11.9 Å². The van der Waals surface area contributed by atoms with Gasteiger partial charge in [-0.25, -0.2) is 19.7 Å². The SMILES string of the molecule is CSc1ncc(Cl)c(C(=O)Nc2ccnc(C(=O)O)c2)n1. The molecule has 7 nitrogen and oxygen atoms in total. The number of carbonyl (C=O) groups is 2. The fourth-order valence-corrected chi connectivity index (χ4v) is 1.94. The van der Waals surface area contributed by atoms with Crippen molar-refractivity contribution >= 4 is 40.9 Å². The van der Waals surface area contributed by atoms with Crippen molar-refractivity contribution in [1.29, 1.82) is 0 Å². The molecule has 21 heavy (non-hydrogen) atoms. The van der Waals surface area contributed by atoms with Gasteiger partial charge in [-0.3, -0.25) is 4.79 Å². The number of carboxylic acids is 1. The molecule has 0 aliphatic heterocycles. The van der Waals surface area contributed by atoms with E-state index in [1.165, 1.54) is 36.3 Å². The molecule has 2 aromatic heterocycles. The topological polar surface area (TPSA) is 105 Å². The second kappa shape index (κ2) is 6.51. The van der Waals surface area contributed by atoms with Crippen molar-refractivity contribution in [2.45, 2.75) is 5.16 Å². The number of halogens is 1. The number of carbonyl (C=O) groups excluding carboxylic acids is 1. The summed E-state index contributed by atoms with van der Waals surface area (Å²) in [5.41, 5.74) is 0.129. The van der Waals surface area contributed by atoms with Crippen LogP contribution in [0, 0.1) is 0 Å². The summed E-state index contributed by atoms with van der Waals surface area (Å²) in [7, 11) is 0. The van der Waals surface area contributed by atoms with Gasteiger partial charge in [-0.15, -0.1) is 0 Å². The van der Waals surface area contributed by atoms with E-state index in [9.17, 15) is 9.59 Å². The number of nitrogens with zero attached hydrogens (tertiary/aromatic N) is 3. The van der Waals surface area contributed by atoms with Crippen LogP contribution in [0.2, 0.25) is 5.02 Å². The predicted molar refractivity (Wildman–Crippen MR) is 78.0 cm³/mol. The van der Waals surface area contributed by atoms with Gasteiger partial charge in [-0.1, -0.05) is 23.4 Å². The number of rotatable bonds is 4. The predicted octanol–water partition coefficient (Wildman–Crippen LogP) is 2.20. The first kappa shape index (κ1) is 15.2. The molecule has 0 saturated heterocycles. The number of nitrogens with one attached hydrogen (secondary N) is 1. The van der Waals surface area contributed by atoms with Crippen LogP contribution in [0.25, 0.3) is 0 Å². The van der Waals surface area contributed by atoms with E-state index in [1.807, 2.05) is 0 Å². The molecule has 0 spiro atoms. The highest BCUT2D eigenvalue weighted by atomic mass is 35.5. The molecule has 0 aliphatic rings. The van der Waals surface area contributed by atoms with E-state index in [0.29, 0.717) is 5.16 Å². The highest BCUT2D eigenvalue weighted by molar-refractivity contribution is 7.98. The van der Waals surface area contributed by atoms with E-state index in [1.54, 1.807) is 6.26 Å². The Morgan fingerprint density at radius 2 is 2.14 bits per heavy atom. The first-order valence-corrected chi connectivity index (χ1v) is 7.18. The Balaban J connectivity index is 2.25. The molecule has 0 atom stereocenters. The van der Waals surface area contributed by atoms with Crippen molar-refractivity contribution in [2.24, 2.45) is 0 Å². The lowest BCUT2D eigenvalue weighted by Crippen LogP contribution is -2.15. The number of amides is 1. The van der Waals surface area contributed by atoms with Crippen LogP contribution < -0.4 is 5.32 Å². The summed E-state index contributed by atoms with van der Waals surface area (Å²) in [4.78, 5) is 34.6. The van der Waals surface area contributed by atoms with Gasteiger partial charge in [-0.2, -0.15) is 0 Å². The summed E-state index contributed by atoms with van der Waals surface area (Å²) in [6.45, 7) is 0. The molecule has 0 aromatic carbocycles. The monoisotopic (exact) mass is 324 g/mol. The Kier molecular flexibility index (Phi) is 4.71. The summed E-state index contributed by atoms with van der Waals surface area (Å²) >= 11 is 7.17. The normalized spacial score (nSPS) is 10.2. The number of aromatic carboxylic acids is 1. The number of aromatic nitrogens is 3. The van der Waals surface area contributed by atoms with Gasteiger partial charge in [0.05, 0.1) is 11.2 Å². The Hall–Kier alpha value is -2.19. The van der Waals surface area contributed by atoms with Crippen LogP contribution in [-0.4, -0.2) is 38.2 Å². The molecule has 108 valence electrons. The third-order valence-corrected chi connectivity index (χ3v) is 3.20. The molecule has 0 radical (unpaired) electrons. The molecular weight excluding hydrogens is 316 g/mol. The first-order valence-electron chi connectivity index (χ1n) is 5.58. The van der Waals surface area contributed by atoms with E-state index >= 15 is 0 Å². The summed E-state index contributed by atoms with van der Waals surface area (Å²) in [6, 6.07) is 2.71. The quantitative estimate of drug-likeness (QED) is 0.656.